The number of quaternary nitrogens is 1. The molecule has 116 valence electrons. The molecule has 3 atom stereocenters. The fourth-order valence-corrected chi connectivity index (χ4v) is 2.54. The van der Waals surface area contributed by atoms with Crippen molar-refractivity contribution in [2.75, 3.05) is 40.5 Å². The predicted octanol–water partition coefficient (Wildman–Crippen LogP) is 0.737. The van der Waals surface area contributed by atoms with Gasteiger partial charge in [-0.1, -0.05) is 0 Å². The molecular weight excluding hydrogens is 262 g/mol. The Morgan fingerprint density at radius 3 is 2.60 bits per heavy atom. The van der Waals surface area contributed by atoms with Crippen LogP contribution in [0.5, 0.6) is 0 Å². The Balaban J connectivity index is 2.47. The summed E-state index contributed by atoms with van der Waals surface area (Å²) in [6, 6.07) is 0. The first-order chi connectivity index (χ1) is 9.37. The summed E-state index contributed by atoms with van der Waals surface area (Å²) < 4.78 is 16.3. The standard InChI is InChI=1S/C14H26NO5/c1-11(20-12(2)16)9-19-13(10-18-4)8-15(3)7-5-6-14(15)17/h11,13H,5-10H2,1-4H3/q+1. The van der Waals surface area contributed by atoms with Crippen LogP contribution in [-0.2, 0) is 23.8 Å². The Bertz CT molecular complexity index is 346. The van der Waals surface area contributed by atoms with Gasteiger partial charge in [-0.3, -0.25) is 9.28 Å². The molecule has 20 heavy (non-hydrogen) atoms. The van der Waals surface area contributed by atoms with E-state index in [2.05, 4.69) is 0 Å². The second kappa shape index (κ2) is 7.71. The molecule has 6 heteroatoms. The number of amides is 1. The molecule has 6 nitrogen and oxygen atoms in total. The van der Waals surface area contributed by atoms with E-state index in [1.54, 1.807) is 14.0 Å². The lowest BCUT2D eigenvalue weighted by Crippen LogP contribution is -2.51. The van der Waals surface area contributed by atoms with Crippen molar-refractivity contribution in [2.24, 2.45) is 0 Å². The summed E-state index contributed by atoms with van der Waals surface area (Å²) in [6.45, 7) is 5.33. The van der Waals surface area contributed by atoms with E-state index in [1.807, 2.05) is 7.05 Å². The molecule has 0 aliphatic carbocycles. The minimum atomic E-state index is -0.321. The van der Waals surface area contributed by atoms with Crippen molar-refractivity contribution in [2.45, 2.75) is 38.9 Å². The normalized spacial score (nSPS) is 25.5. The second-order valence-electron chi connectivity index (χ2n) is 5.63. The Morgan fingerprint density at radius 2 is 2.10 bits per heavy atom. The lowest BCUT2D eigenvalue weighted by Gasteiger charge is -2.30. The van der Waals surface area contributed by atoms with E-state index < -0.39 is 0 Å². The van der Waals surface area contributed by atoms with Crippen molar-refractivity contribution < 1.29 is 28.3 Å². The summed E-state index contributed by atoms with van der Waals surface area (Å²) in [7, 11) is 3.55. The summed E-state index contributed by atoms with van der Waals surface area (Å²) in [6.07, 6.45) is 1.09. The molecule has 1 aliphatic heterocycles. The Morgan fingerprint density at radius 1 is 1.40 bits per heavy atom. The molecule has 0 radical (unpaired) electrons. The van der Waals surface area contributed by atoms with Gasteiger partial charge in [0.25, 0.3) is 0 Å². The maximum atomic E-state index is 11.9. The highest BCUT2D eigenvalue weighted by Crippen LogP contribution is 2.19. The van der Waals surface area contributed by atoms with E-state index in [9.17, 15) is 9.59 Å². The van der Waals surface area contributed by atoms with E-state index >= 15 is 0 Å². The first-order valence-electron chi connectivity index (χ1n) is 7.03. The zero-order valence-electron chi connectivity index (χ0n) is 12.9. The first kappa shape index (κ1) is 17.1. The molecule has 0 bridgehead atoms. The van der Waals surface area contributed by atoms with Crippen molar-refractivity contribution in [1.82, 2.24) is 0 Å². The van der Waals surface area contributed by atoms with Crippen LogP contribution >= 0.6 is 0 Å². The van der Waals surface area contributed by atoms with Gasteiger partial charge >= 0.3 is 11.9 Å². The van der Waals surface area contributed by atoms with Crippen LogP contribution in [0.1, 0.15) is 26.7 Å². The van der Waals surface area contributed by atoms with Crippen LogP contribution in [0.3, 0.4) is 0 Å². The van der Waals surface area contributed by atoms with Crippen molar-refractivity contribution in [3.63, 3.8) is 0 Å². The van der Waals surface area contributed by atoms with Crippen LogP contribution in [0.25, 0.3) is 0 Å². The summed E-state index contributed by atoms with van der Waals surface area (Å²) in [5.41, 5.74) is 0. The summed E-state index contributed by atoms with van der Waals surface area (Å²) in [5.74, 6) is -0.0687. The van der Waals surface area contributed by atoms with Crippen molar-refractivity contribution in [3.8, 4) is 0 Å². The third-order valence-corrected chi connectivity index (χ3v) is 3.54. The quantitative estimate of drug-likeness (QED) is 0.487. The highest BCUT2D eigenvalue weighted by molar-refractivity contribution is 5.70. The number of nitrogens with zero attached hydrogens (tertiary/aromatic N) is 1. The largest absolute Gasteiger partial charge is 0.460 e. The SMILES string of the molecule is COCC(C[N+]1(C)CCCC1=O)OCC(C)OC(C)=O. The van der Waals surface area contributed by atoms with Crippen LogP contribution in [-0.4, -0.2) is 69.0 Å². The van der Waals surface area contributed by atoms with E-state index in [0.29, 0.717) is 30.7 Å². The molecule has 3 unspecified atom stereocenters. The van der Waals surface area contributed by atoms with Gasteiger partial charge in [0, 0.05) is 20.5 Å². The van der Waals surface area contributed by atoms with Gasteiger partial charge in [-0.2, -0.15) is 0 Å². The van der Waals surface area contributed by atoms with Crippen LogP contribution in [0.4, 0.5) is 0 Å². The third kappa shape index (κ3) is 5.19. The van der Waals surface area contributed by atoms with Crippen LogP contribution in [0.2, 0.25) is 0 Å². The molecule has 1 heterocycles. The zero-order chi connectivity index (χ0) is 15.2. The van der Waals surface area contributed by atoms with Crippen molar-refractivity contribution >= 4 is 11.9 Å². The molecule has 0 saturated carbocycles. The van der Waals surface area contributed by atoms with Gasteiger partial charge in [0.1, 0.15) is 18.8 Å². The fraction of sp³-hybridized carbons (Fsp3) is 0.857. The number of carbonyl (C=O) groups is 2. The van der Waals surface area contributed by atoms with E-state index in [0.717, 1.165) is 13.0 Å². The summed E-state index contributed by atoms with van der Waals surface area (Å²) >= 11 is 0. The summed E-state index contributed by atoms with van der Waals surface area (Å²) in [4.78, 5) is 22.8. The number of hydrogen-bond donors (Lipinski definition) is 0. The fourth-order valence-electron chi connectivity index (χ4n) is 2.54. The lowest BCUT2D eigenvalue weighted by atomic mass is 10.3. The minimum absolute atomic E-state index is 0.176. The number of methoxy groups -OCH3 is 1. The lowest BCUT2D eigenvalue weighted by molar-refractivity contribution is -0.830. The molecule has 1 saturated heterocycles. The molecule has 1 fully saturated rings. The van der Waals surface area contributed by atoms with Crippen LogP contribution < -0.4 is 0 Å². The van der Waals surface area contributed by atoms with Crippen molar-refractivity contribution in [3.05, 3.63) is 0 Å². The smallest absolute Gasteiger partial charge is 0.313 e. The highest BCUT2D eigenvalue weighted by atomic mass is 16.6. The molecule has 0 aromatic heterocycles. The monoisotopic (exact) mass is 288 g/mol. The number of carbonyl (C=O) groups excluding carboxylic acids is 2. The molecular formula is C14H26NO5+. The van der Waals surface area contributed by atoms with Gasteiger partial charge in [0.15, 0.2) is 0 Å². The molecule has 1 amide bonds. The van der Waals surface area contributed by atoms with Gasteiger partial charge in [-0.15, -0.1) is 0 Å². The first-order valence-corrected chi connectivity index (χ1v) is 7.03. The van der Waals surface area contributed by atoms with Gasteiger partial charge < -0.3 is 14.2 Å². The average Bonchev–Trinajstić information content (AvgIpc) is 2.66. The Kier molecular flexibility index (Phi) is 6.58. The Hall–Kier alpha value is -0.980. The Labute approximate surface area is 120 Å². The molecule has 0 spiro atoms. The number of hydrogen-bond acceptors (Lipinski definition) is 5. The van der Waals surface area contributed by atoms with E-state index in [1.165, 1.54) is 6.92 Å². The highest BCUT2D eigenvalue weighted by Gasteiger charge is 2.39. The number of likely N-dealkylation sites (N-methyl/N-ethyl adjacent to an activating group) is 1. The number of ether oxygens (including phenoxy) is 3. The van der Waals surface area contributed by atoms with E-state index in [-0.39, 0.29) is 24.1 Å². The number of esters is 1. The van der Waals surface area contributed by atoms with Gasteiger partial charge in [0.05, 0.1) is 33.2 Å². The summed E-state index contributed by atoms with van der Waals surface area (Å²) in [5, 5.41) is 0. The van der Waals surface area contributed by atoms with Crippen molar-refractivity contribution in [1.29, 1.82) is 0 Å². The van der Waals surface area contributed by atoms with Crippen LogP contribution in [0, 0.1) is 0 Å². The van der Waals surface area contributed by atoms with Crippen LogP contribution in [0.15, 0.2) is 0 Å². The predicted molar refractivity (Wildman–Crippen MR) is 73.0 cm³/mol. The third-order valence-electron chi connectivity index (χ3n) is 3.54. The van der Waals surface area contributed by atoms with Gasteiger partial charge in [-0.05, 0) is 6.92 Å². The maximum Gasteiger partial charge on any atom is 0.313 e. The zero-order valence-corrected chi connectivity index (χ0v) is 12.9. The molecule has 1 rings (SSSR count). The molecule has 0 N–H and O–H groups in total. The van der Waals surface area contributed by atoms with Gasteiger partial charge in [-0.25, -0.2) is 4.79 Å². The topological polar surface area (TPSA) is 61.8 Å². The molecule has 1 aliphatic rings. The number of rotatable bonds is 8. The average molecular weight is 288 g/mol. The number of likely N-dealkylation sites (tertiary alicyclic amines) is 1. The maximum absolute atomic E-state index is 11.9. The minimum Gasteiger partial charge on any atom is -0.460 e. The molecule has 0 aromatic rings. The molecule has 0 aromatic carbocycles. The van der Waals surface area contributed by atoms with Gasteiger partial charge in [0.2, 0.25) is 0 Å². The van der Waals surface area contributed by atoms with E-state index in [4.69, 9.17) is 14.2 Å². The second-order valence-corrected chi connectivity index (χ2v) is 5.63.